The Morgan fingerprint density at radius 1 is 1.22 bits per heavy atom. The van der Waals surface area contributed by atoms with Crippen LogP contribution in [0.4, 0.5) is 17.6 Å². The van der Waals surface area contributed by atoms with Crippen molar-refractivity contribution in [2.45, 2.75) is 25.2 Å². The number of pyridine rings is 1. The number of carbonyl (C=O) groups excluding carboxylic acids is 1. The van der Waals surface area contributed by atoms with Crippen LogP contribution in [0.15, 0.2) is 24.7 Å². The number of carbonyl (C=O) groups is 1. The number of nitrogens with one attached hydrogen (secondary N) is 2. The zero-order valence-electron chi connectivity index (χ0n) is 13.9. The van der Waals surface area contributed by atoms with Gasteiger partial charge in [0, 0.05) is 30.1 Å². The molecule has 2 aliphatic rings. The molecule has 2 fully saturated rings. The third kappa shape index (κ3) is 3.61. The van der Waals surface area contributed by atoms with Crippen LogP contribution < -0.4 is 10.6 Å². The van der Waals surface area contributed by atoms with E-state index in [1.165, 1.54) is 6.07 Å². The van der Waals surface area contributed by atoms with Crippen molar-refractivity contribution < 1.29 is 22.4 Å². The van der Waals surface area contributed by atoms with E-state index in [0.717, 1.165) is 31.6 Å². The van der Waals surface area contributed by atoms with Gasteiger partial charge in [-0.05, 0) is 30.9 Å². The first-order valence-electron chi connectivity index (χ1n) is 8.38. The number of halogens is 4. The molecular weight excluding hydrogens is 366 g/mol. The molecule has 3 heterocycles. The minimum absolute atomic E-state index is 0.0444. The predicted molar refractivity (Wildman–Crippen MR) is 85.5 cm³/mol. The Balaban J connectivity index is 1.47. The predicted octanol–water partition coefficient (Wildman–Crippen LogP) is 1.92. The molecule has 1 saturated heterocycles. The molecule has 2 N–H and O–H groups in total. The van der Waals surface area contributed by atoms with Crippen LogP contribution in [0.3, 0.4) is 0 Å². The fourth-order valence-corrected chi connectivity index (χ4v) is 3.30. The highest BCUT2D eigenvalue weighted by atomic mass is 19.4. The van der Waals surface area contributed by atoms with Crippen LogP contribution in [0.2, 0.25) is 0 Å². The van der Waals surface area contributed by atoms with Crippen LogP contribution in [0, 0.1) is 17.7 Å². The largest absolute Gasteiger partial charge is 0.451 e. The maximum absolute atomic E-state index is 14.0. The number of hydrogen-bond donors (Lipinski definition) is 2. The average molecular weight is 381 g/mol. The van der Waals surface area contributed by atoms with Gasteiger partial charge in [0.2, 0.25) is 11.7 Å². The van der Waals surface area contributed by atoms with Gasteiger partial charge < -0.3 is 10.6 Å². The zero-order chi connectivity index (χ0) is 19.2. The van der Waals surface area contributed by atoms with Crippen LogP contribution >= 0.6 is 0 Å². The first kappa shape index (κ1) is 17.8. The molecule has 1 aliphatic carbocycles. The monoisotopic (exact) mass is 381 g/mol. The van der Waals surface area contributed by atoms with Crippen molar-refractivity contribution in [2.75, 3.05) is 6.54 Å². The Labute approximate surface area is 151 Å². The van der Waals surface area contributed by atoms with E-state index in [-0.39, 0.29) is 35.3 Å². The summed E-state index contributed by atoms with van der Waals surface area (Å²) in [5.41, 5.74) is 0.614. The number of amides is 1. The molecule has 2 aromatic rings. The molecule has 1 aliphatic heterocycles. The highest BCUT2D eigenvalue weighted by Gasteiger charge is 2.50. The van der Waals surface area contributed by atoms with E-state index in [1.807, 2.05) is 0 Å². The quantitative estimate of drug-likeness (QED) is 0.791. The standard InChI is InChI=1S/C17H15F4N5O/c18-12-7-22-13(10-5-25-16(26-6-10)17(19,20)21)2-9(12)4-24-15(27)14-11-1-8(11)3-23-14/h2,5-8,11,14,23H,1,3-4H2,(H,24,27)/t8-,11+,14?/m0/s1. The van der Waals surface area contributed by atoms with Crippen molar-refractivity contribution in [3.63, 3.8) is 0 Å². The minimum atomic E-state index is -4.64. The molecule has 0 bridgehead atoms. The van der Waals surface area contributed by atoms with Gasteiger partial charge in [0.1, 0.15) is 5.82 Å². The number of hydrogen-bond acceptors (Lipinski definition) is 5. The summed E-state index contributed by atoms with van der Waals surface area (Å²) in [4.78, 5) is 22.6. The van der Waals surface area contributed by atoms with E-state index in [1.54, 1.807) is 0 Å². The molecule has 1 unspecified atom stereocenters. The van der Waals surface area contributed by atoms with Crippen molar-refractivity contribution in [2.24, 2.45) is 11.8 Å². The molecule has 1 saturated carbocycles. The maximum Gasteiger partial charge on any atom is 0.451 e. The van der Waals surface area contributed by atoms with E-state index in [0.29, 0.717) is 11.8 Å². The molecule has 0 aromatic carbocycles. The summed E-state index contributed by atoms with van der Waals surface area (Å²) < 4.78 is 51.6. The van der Waals surface area contributed by atoms with Crippen molar-refractivity contribution in [3.8, 4) is 11.3 Å². The normalized spacial score (nSPS) is 23.8. The molecule has 10 heteroatoms. The van der Waals surface area contributed by atoms with E-state index in [4.69, 9.17) is 0 Å². The SMILES string of the molecule is O=C(NCc1cc(-c2cnc(C(F)(F)F)nc2)ncc1F)C1NC[C@@H]2C[C@@H]12. The lowest BCUT2D eigenvalue weighted by Gasteiger charge is -2.14. The van der Waals surface area contributed by atoms with Gasteiger partial charge in [-0.3, -0.25) is 9.78 Å². The summed E-state index contributed by atoms with van der Waals surface area (Å²) in [5, 5.41) is 5.83. The summed E-state index contributed by atoms with van der Waals surface area (Å²) in [7, 11) is 0. The second kappa shape index (κ2) is 6.52. The molecule has 3 atom stereocenters. The van der Waals surface area contributed by atoms with Gasteiger partial charge in [-0.2, -0.15) is 13.2 Å². The molecule has 0 spiro atoms. The van der Waals surface area contributed by atoms with Gasteiger partial charge in [-0.1, -0.05) is 0 Å². The highest BCUT2D eigenvalue weighted by Crippen LogP contribution is 2.45. The second-order valence-electron chi connectivity index (χ2n) is 6.72. The van der Waals surface area contributed by atoms with Crippen LogP contribution in [0.1, 0.15) is 17.8 Å². The molecule has 4 rings (SSSR count). The van der Waals surface area contributed by atoms with Crippen molar-refractivity contribution in [1.82, 2.24) is 25.6 Å². The Morgan fingerprint density at radius 2 is 1.96 bits per heavy atom. The minimum Gasteiger partial charge on any atom is -0.351 e. The fraction of sp³-hybridized carbons (Fsp3) is 0.412. The summed E-state index contributed by atoms with van der Waals surface area (Å²) in [6.07, 6.45) is -0.687. The highest BCUT2D eigenvalue weighted by molar-refractivity contribution is 5.83. The van der Waals surface area contributed by atoms with Crippen molar-refractivity contribution >= 4 is 5.91 Å². The van der Waals surface area contributed by atoms with Gasteiger partial charge >= 0.3 is 6.18 Å². The molecule has 0 radical (unpaired) electrons. The van der Waals surface area contributed by atoms with Crippen LogP contribution in [-0.2, 0) is 17.5 Å². The first-order chi connectivity index (χ1) is 12.8. The molecular formula is C17H15F4N5O. The third-order valence-electron chi connectivity index (χ3n) is 4.88. The van der Waals surface area contributed by atoms with Gasteiger partial charge in [0.05, 0.1) is 17.9 Å². The number of rotatable bonds is 4. The Kier molecular flexibility index (Phi) is 4.29. The van der Waals surface area contributed by atoms with Crippen molar-refractivity contribution in [3.05, 3.63) is 41.9 Å². The van der Waals surface area contributed by atoms with Crippen LogP contribution in [0.5, 0.6) is 0 Å². The molecule has 27 heavy (non-hydrogen) atoms. The van der Waals surface area contributed by atoms with Crippen LogP contribution in [0.25, 0.3) is 11.3 Å². The number of alkyl halides is 3. The fourth-order valence-electron chi connectivity index (χ4n) is 3.30. The maximum atomic E-state index is 14.0. The second-order valence-corrected chi connectivity index (χ2v) is 6.72. The Hall–Kier alpha value is -2.62. The molecule has 2 aromatic heterocycles. The smallest absolute Gasteiger partial charge is 0.351 e. The Morgan fingerprint density at radius 3 is 2.56 bits per heavy atom. The zero-order valence-corrected chi connectivity index (χ0v) is 13.9. The summed E-state index contributed by atoms with van der Waals surface area (Å²) in [5.74, 6) is -1.15. The third-order valence-corrected chi connectivity index (χ3v) is 4.88. The van der Waals surface area contributed by atoms with E-state index in [9.17, 15) is 22.4 Å². The van der Waals surface area contributed by atoms with E-state index in [2.05, 4.69) is 25.6 Å². The lowest BCUT2D eigenvalue weighted by Crippen LogP contribution is -2.42. The summed E-state index contributed by atoms with van der Waals surface area (Å²) >= 11 is 0. The number of aromatic nitrogens is 3. The topological polar surface area (TPSA) is 79.8 Å². The lowest BCUT2D eigenvalue weighted by molar-refractivity contribution is -0.145. The van der Waals surface area contributed by atoms with Gasteiger partial charge in [-0.25, -0.2) is 14.4 Å². The molecule has 1 amide bonds. The summed E-state index contributed by atoms with van der Waals surface area (Å²) in [6.45, 7) is 0.779. The van der Waals surface area contributed by atoms with Crippen molar-refractivity contribution in [1.29, 1.82) is 0 Å². The average Bonchev–Trinajstić information content (AvgIpc) is 3.30. The number of piperidine rings is 1. The Bertz CT molecular complexity index is 871. The molecule has 142 valence electrons. The number of nitrogens with zero attached hydrogens (tertiary/aromatic N) is 3. The van der Waals surface area contributed by atoms with E-state index < -0.39 is 17.8 Å². The lowest BCUT2D eigenvalue weighted by atomic mass is 10.1. The van der Waals surface area contributed by atoms with Gasteiger partial charge in [-0.15, -0.1) is 0 Å². The van der Waals surface area contributed by atoms with Gasteiger partial charge in [0.15, 0.2) is 0 Å². The number of fused-ring (bicyclic) bond motifs is 1. The van der Waals surface area contributed by atoms with E-state index >= 15 is 0 Å². The van der Waals surface area contributed by atoms with Gasteiger partial charge in [0.25, 0.3) is 0 Å². The molecule has 6 nitrogen and oxygen atoms in total. The van der Waals surface area contributed by atoms with Crippen LogP contribution in [-0.4, -0.2) is 33.4 Å². The first-order valence-corrected chi connectivity index (χ1v) is 8.38. The summed E-state index contributed by atoms with van der Waals surface area (Å²) in [6, 6.07) is 1.12.